The molecule has 0 amide bonds. The van der Waals surface area contributed by atoms with Gasteiger partial charge in [-0.05, 0) is 46.7 Å². The Morgan fingerprint density at radius 1 is 0.567 bits per heavy atom. The van der Waals surface area contributed by atoms with E-state index in [2.05, 4.69) is 102 Å². The number of para-hydroxylation sites is 1. The molecule has 1 nitrogen and oxygen atoms in total. The number of rotatable bonds is 2. The number of fused-ring (bicyclic) bond motifs is 4. The lowest BCUT2D eigenvalue weighted by Gasteiger charge is -2.16. The standard InChI is InChI=1S/C28H18ClN/c29-24-14-8-16-26-28(24)22-13-6-7-15-25(22)30(26)27-18-21-12-5-4-11-20(21)17-23(27)19-9-2-1-3-10-19/h1-18H. The minimum atomic E-state index is 0.782. The van der Waals surface area contributed by atoms with Crippen LogP contribution in [0.1, 0.15) is 0 Å². The van der Waals surface area contributed by atoms with E-state index in [4.69, 9.17) is 11.6 Å². The fourth-order valence-corrected chi connectivity index (χ4v) is 4.77. The van der Waals surface area contributed by atoms with Crippen LogP contribution in [0.25, 0.3) is 49.4 Å². The molecule has 1 aromatic heterocycles. The lowest BCUT2D eigenvalue weighted by atomic mass is 9.98. The van der Waals surface area contributed by atoms with E-state index in [1.807, 2.05) is 12.1 Å². The fourth-order valence-electron chi connectivity index (χ4n) is 4.50. The van der Waals surface area contributed by atoms with Gasteiger partial charge in [0, 0.05) is 16.3 Å². The molecule has 0 fully saturated rings. The van der Waals surface area contributed by atoms with Crippen molar-refractivity contribution in [3.8, 4) is 16.8 Å². The van der Waals surface area contributed by atoms with Crippen LogP contribution in [0, 0.1) is 0 Å². The van der Waals surface area contributed by atoms with E-state index >= 15 is 0 Å². The summed E-state index contributed by atoms with van der Waals surface area (Å²) in [5, 5.41) is 5.51. The second-order valence-electron chi connectivity index (χ2n) is 7.57. The Kier molecular flexibility index (Phi) is 3.90. The Labute approximate surface area is 179 Å². The first-order valence-electron chi connectivity index (χ1n) is 10.1. The van der Waals surface area contributed by atoms with E-state index in [0.717, 1.165) is 27.1 Å². The first kappa shape index (κ1) is 17.3. The van der Waals surface area contributed by atoms with Crippen molar-refractivity contribution in [2.24, 2.45) is 0 Å². The Bertz CT molecular complexity index is 1540. The smallest absolute Gasteiger partial charge is 0.0556 e. The quantitative estimate of drug-likeness (QED) is 0.274. The minimum Gasteiger partial charge on any atom is -0.309 e. The van der Waals surface area contributed by atoms with Crippen molar-refractivity contribution in [2.45, 2.75) is 0 Å². The highest BCUT2D eigenvalue weighted by Gasteiger charge is 2.17. The predicted octanol–water partition coefficient (Wildman–Crippen LogP) is 8.26. The Hall–Kier alpha value is -3.55. The molecule has 0 saturated heterocycles. The van der Waals surface area contributed by atoms with Crippen LogP contribution in [0.5, 0.6) is 0 Å². The Balaban J connectivity index is 1.82. The molecular weight excluding hydrogens is 386 g/mol. The average Bonchev–Trinajstić information content (AvgIpc) is 3.14. The van der Waals surface area contributed by atoms with Crippen molar-refractivity contribution in [3.05, 3.63) is 114 Å². The van der Waals surface area contributed by atoms with Gasteiger partial charge in [-0.1, -0.05) is 90.5 Å². The van der Waals surface area contributed by atoms with E-state index < -0.39 is 0 Å². The monoisotopic (exact) mass is 403 g/mol. The van der Waals surface area contributed by atoms with Crippen molar-refractivity contribution >= 4 is 44.2 Å². The van der Waals surface area contributed by atoms with E-state index in [9.17, 15) is 0 Å². The van der Waals surface area contributed by atoms with Crippen LogP contribution in [-0.2, 0) is 0 Å². The SMILES string of the molecule is Clc1cccc2c1c1ccccc1n2-c1cc2ccccc2cc1-c1ccccc1. The molecule has 6 rings (SSSR count). The van der Waals surface area contributed by atoms with E-state index in [0.29, 0.717) is 0 Å². The van der Waals surface area contributed by atoms with Gasteiger partial charge in [0.25, 0.3) is 0 Å². The third-order valence-electron chi connectivity index (χ3n) is 5.84. The normalized spacial score (nSPS) is 11.5. The van der Waals surface area contributed by atoms with Crippen LogP contribution in [0.2, 0.25) is 5.02 Å². The van der Waals surface area contributed by atoms with Gasteiger partial charge in [0.15, 0.2) is 0 Å². The number of benzene rings is 5. The third kappa shape index (κ3) is 2.56. The third-order valence-corrected chi connectivity index (χ3v) is 6.15. The fraction of sp³-hybridized carbons (Fsp3) is 0. The maximum absolute atomic E-state index is 6.68. The van der Waals surface area contributed by atoms with E-state index in [1.54, 1.807) is 0 Å². The molecule has 0 spiro atoms. The van der Waals surface area contributed by atoms with Gasteiger partial charge < -0.3 is 4.57 Å². The van der Waals surface area contributed by atoms with Crippen molar-refractivity contribution in [2.75, 3.05) is 0 Å². The molecule has 30 heavy (non-hydrogen) atoms. The minimum absolute atomic E-state index is 0.782. The highest BCUT2D eigenvalue weighted by atomic mass is 35.5. The maximum atomic E-state index is 6.68. The maximum Gasteiger partial charge on any atom is 0.0556 e. The van der Waals surface area contributed by atoms with Gasteiger partial charge in [-0.2, -0.15) is 0 Å². The zero-order chi connectivity index (χ0) is 20.1. The van der Waals surface area contributed by atoms with Crippen LogP contribution in [-0.4, -0.2) is 4.57 Å². The summed E-state index contributed by atoms with van der Waals surface area (Å²) in [4.78, 5) is 0. The van der Waals surface area contributed by atoms with Gasteiger partial charge in [0.2, 0.25) is 0 Å². The molecule has 5 aromatic carbocycles. The number of nitrogens with zero attached hydrogens (tertiary/aromatic N) is 1. The van der Waals surface area contributed by atoms with Gasteiger partial charge in [0.05, 0.1) is 21.7 Å². The van der Waals surface area contributed by atoms with Crippen LogP contribution in [0.15, 0.2) is 109 Å². The molecule has 0 N–H and O–H groups in total. The molecular formula is C28H18ClN. The molecule has 0 bridgehead atoms. The van der Waals surface area contributed by atoms with Crippen molar-refractivity contribution in [3.63, 3.8) is 0 Å². The zero-order valence-corrected chi connectivity index (χ0v) is 17.0. The summed E-state index contributed by atoms with van der Waals surface area (Å²) in [5.41, 5.74) is 5.85. The van der Waals surface area contributed by atoms with Crippen LogP contribution < -0.4 is 0 Å². The summed E-state index contributed by atoms with van der Waals surface area (Å²) < 4.78 is 2.35. The molecule has 1 heterocycles. The highest BCUT2D eigenvalue weighted by molar-refractivity contribution is 6.38. The second kappa shape index (κ2) is 6.76. The van der Waals surface area contributed by atoms with Crippen LogP contribution in [0.4, 0.5) is 0 Å². The molecule has 142 valence electrons. The lowest BCUT2D eigenvalue weighted by Crippen LogP contribution is -1.97. The molecule has 0 aliphatic rings. The predicted molar refractivity (Wildman–Crippen MR) is 129 cm³/mol. The summed E-state index contributed by atoms with van der Waals surface area (Å²) in [6, 6.07) is 38.4. The average molecular weight is 404 g/mol. The van der Waals surface area contributed by atoms with Gasteiger partial charge in [0.1, 0.15) is 0 Å². The van der Waals surface area contributed by atoms with Crippen LogP contribution >= 0.6 is 11.6 Å². The summed E-state index contributed by atoms with van der Waals surface area (Å²) in [7, 11) is 0. The van der Waals surface area contributed by atoms with E-state index in [1.165, 1.54) is 27.3 Å². The summed E-state index contributed by atoms with van der Waals surface area (Å²) in [6.07, 6.45) is 0. The summed E-state index contributed by atoms with van der Waals surface area (Å²) in [5.74, 6) is 0. The van der Waals surface area contributed by atoms with Crippen molar-refractivity contribution < 1.29 is 0 Å². The van der Waals surface area contributed by atoms with Crippen molar-refractivity contribution in [1.29, 1.82) is 0 Å². The first-order valence-corrected chi connectivity index (χ1v) is 10.5. The highest BCUT2D eigenvalue weighted by Crippen LogP contribution is 2.40. The molecule has 6 aromatic rings. The topological polar surface area (TPSA) is 4.93 Å². The number of hydrogen-bond acceptors (Lipinski definition) is 0. The molecule has 0 unspecified atom stereocenters. The largest absolute Gasteiger partial charge is 0.309 e. The van der Waals surface area contributed by atoms with Gasteiger partial charge in [-0.15, -0.1) is 0 Å². The van der Waals surface area contributed by atoms with E-state index in [-0.39, 0.29) is 0 Å². The van der Waals surface area contributed by atoms with Gasteiger partial charge in [-0.3, -0.25) is 0 Å². The van der Waals surface area contributed by atoms with Crippen LogP contribution in [0.3, 0.4) is 0 Å². The molecule has 0 aliphatic carbocycles. The molecule has 0 atom stereocenters. The Morgan fingerprint density at radius 3 is 2.07 bits per heavy atom. The molecule has 0 saturated carbocycles. The van der Waals surface area contributed by atoms with Crippen molar-refractivity contribution in [1.82, 2.24) is 4.57 Å². The molecule has 0 radical (unpaired) electrons. The second-order valence-corrected chi connectivity index (χ2v) is 7.98. The zero-order valence-electron chi connectivity index (χ0n) is 16.2. The summed E-state index contributed by atoms with van der Waals surface area (Å²) >= 11 is 6.68. The first-order chi connectivity index (χ1) is 14.8. The number of hydrogen-bond donors (Lipinski definition) is 0. The van der Waals surface area contributed by atoms with Gasteiger partial charge >= 0.3 is 0 Å². The number of halogens is 1. The Morgan fingerprint density at radius 2 is 1.23 bits per heavy atom. The molecule has 0 aliphatic heterocycles. The van der Waals surface area contributed by atoms with Gasteiger partial charge in [-0.25, -0.2) is 0 Å². The number of aromatic nitrogens is 1. The summed E-state index contributed by atoms with van der Waals surface area (Å²) in [6.45, 7) is 0. The molecule has 2 heteroatoms. The lowest BCUT2D eigenvalue weighted by molar-refractivity contribution is 1.19.